The van der Waals surface area contributed by atoms with Crippen LogP contribution in [0.15, 0.2) is 48.5 Å². The number of aryl methyl sites for hydroxylation is 2. The number of hydrogen-bond donors (Lipinski definition) is 0. The van der Waals surface area contributed by atoms with E-state index in [2.05, 4.69) is 40.8 Å². The highest BCUT2D eigenvalue weighted by atomic mass is 19.4. The molecule has 0 atom stereocenters. The second-order valence-corrected chi connectivity index (χ2v) is 5.80. The second kappa shape index (κ2) is 18.6. The summed E-state index contributed by atoms with van der Waals surface area (Å²) in [4.78, 5) is 2.36. The molecule has 6 heteroatoms. The third kappa shape index (κ3) is 15.3. The molecule has 3 rings (SSSR count). The van der Waals surface area contributed by atoms with Crippen LogP contribution in [0.25, 0.3) is 0 Å². The SMILES string of the molecule is CC.CC.CC.Cc1ccc(N2CCOCC2)cc1.Cc1cccc(OC(F)(F)F)c1. The molecule has 0 radical (unpaired) electrons. The van der Waals surface area contributed by atoms with E-state index in [4.69, 9.17) is 4.74 Å². The average molecular weight is 444 g/mol. The zero-order valence-electron chi connectivity index (χ0n) is 20.3. The van der Waals surface area contributed by atoms with Crippen molar-refractivity contribution >= 4 is 5.69 Å². The quantitative estimate of drug-likeness (QED) is 0.472. The van der Waals surface area contributed by atoms with Crippen molar-refractivity contribution in [2.24, 2.45) is 0 Å². The molecule has 1 aliphatic heterocycles. The van der Waals surface area contributed by atoms with Crippen LogP contribution in [-0.2, 0) is 4.74 Å². The predicted molar refractivity (Wildman–Crippen MR) is 126 cm³/mol. The van der Waals surface area contributed by atoms with Crippen molar-refractivity contribution in [2.45, 2.75) is 61.8 Å². The molecule has 0 aliphatic carbocycles. The first-order valence-electron chi connectivity index (χ1n) is 11.1. The van der Waals surface area contributed by atoms with Crippen molar-refractivity contribution in [3.05, 3.63) is 59.7 Å². The van der Waals surface area contributed by atoms with Crippen LogP contribution in [0, 0.1) is 13.8 Å². The summed E-state index contributed by atoms with van der Waals surface area (Å²) in [5.41, 5.74) is 3.36. The highest BCUT2D eigenvalue weighted by Crippen LogP contribution is 2.22. The van der Waals surface area contributed by atoms with Gasteiger partial charge in [-0.1, -0.05) is 71.4 Å². The van der Waals surface area contributed by atoms with Gasteiger partial charge < -0.3 is 14.4 Å². The van der Waals surface area contributed by atoms with Gasteiger partial charge in [0.25, 0.3) is 0 Å². The van der Waals surface area contributed by atoms with Gasteiger partial charge in [-0.25, -0.2) is 0 Å². The molecule has 0 aromatic heterocycles. The molecule has 0 N–H and O–H groups in total. The Morgan fingerprint density at radius 1 is 0.774 bits per heavy atom. The van der Waals surface area contributed by atoms with Gasteiger partial charge in [0.2, 0.25) is 0 Å². The van der Waals surface area contributed by atoms with Gasteiger partial charge in [0.15, 0.2) is 0 Å². The fraction of sp³-hybridized carbons (Fsp3) is 0.520. The molecule has 0 bridgehead atoms. The Morgan fingerprint density at radius 2 is 1.29 bits per heavy atom. The Bertz CT molecular complexity index is 653. The molecular weight excluding hydrogens is 403 g/mol. The predicted octanol–water partition coefficient (Wildman–Crippen LogP) is 7.80. The van der Waals surface area contributed by atoms with Crippen molar-refractivity contribution in [1.82, 2.24) is 0 Å². The van der Waals surface area contributed by atoms with E-state index >= 15 is 0 Å². The van der Waals surface area contributed by atoms with Gasteiger partial charge in [0.05, 0.1) is 13.2 Å². The summed E-state index contributed by atoms with van der Waals surface area (Å²) in [5, 5.41) is 0. The average Bonchev–Trinajstić information content (AvgIpc) is 2.78. The van der Waals surface area contributed by atoms with E-state index < -0.39 is 6.36 Å². The molecule has 0 unspecified atom stereocenters. The van der Waals surface area contributed by atoms with Crippen LogP contribution in [0.2, 0.25) is 0 Å². The van der Waals surface area contributed by atoms with Crippen LogP contribution in [0.5, 0.6) is 5.75 Å². The van der Waals surface area contributed by atoms with E-state index in [0.29, 0.717) is 0 Å². The largest absolute Gasteiger partial charge is 0.573 e. The zero-order valence-corrected chi connectivity index (χ0v) is 20.3. The van der Waals surface area contributed by atoms with E-state index in [-0.39, 0.29) is 5.75 Å². The highest BCUT2D eigenvalue weighted by Gasteiger charge is 2.30. The lowest BCUT2D eigenvalue weighted by atomic mass is 10.2. The van der Waals surface area contributed by atoms with Crippen molar-refractivity contribution in [3.63, 3.8) is 0 Å². The van der Waals surface area contributed by atoms with E-state index in [1.807, 2.05) is 41.5 Å². The first-order chi connectivity index (χ1) is 14.8. The summed E-state index contributed by atoms with van der Waals surface area (Å²) in [6.45, 7) is 19.6. The maximum atomic E-state index is 11.7. The van der Waals surface area contributed by atoms with E-state index in [1.165, 1.54) is 29.4 Å². The topological polar surface area (TPSA) is 21.7 Å². The van der Waals surface area contributed by atoms with E-state index in [9.17, 15) is 13.2 Å². The summed E-state index contributed by atoms with van der Waals surface area (Å²) < 4.78 is 43.9. The first-order valence-corrected chi connectivity index (χ1v) is 11.1. The minimum atomic E-state index is -4.60. The minimum absolute atomic E-state index is 0.178. The third-order valence-corrected chi connectivity index (χ3v) is 3.63. The molecule has 3 nitrogen and oxygen atoms in total. The lowest BCUT2D eigenvalue weighted by molar-refractivity contribution is -0.274. The number of rotatable bonds is 2. The molecule has 2 aromatic carbocycles. The Labute approximate surface area is 187 Å². The fourth-order valence-electron chi connectivity index (χ4n) is 2.39. The van der Waals surface area contributed by atoms with Crippen molar-refractivity contribution in [3.8, 4) is 5.75 Å². The molecule has 1 aliphatic rings. The zero-order chi connectivity index (χ0) is 24.3. The van der Waals surface area contributed by atoms with Gasteiger partial charge in [-0.3, -0.25) is 0 Å². The van der Waals surface area contributed by atoms with Crippen LogP contribution < -0.4 is 9.64 Å². The molecule has 1 saturated heterocycles. The van der Waals surface area contributed by atoms with E-state index in [1.54, 1.807) is 13.0 Å². The van der Waals surface area contributed by atoms with Gasteiger partial charge in [0.1, 0.15) is 5.75 Å². The number of halogens is 3. The summed E-state index contributed by atoms with van der Waals surface area (Å²) in [6, 6.07) is 14.5. The maximum absolute atomic E-state index is 11.7. The van der Waals surface area contributed by atoms with E-state index in [0.717, 1.165) is 31.9 Å². The number of hydrogen-bond acceptors (Lipinski definition) is 3. The third-order valence-electron chi connectivity index (χ3n) is 3.63. The van der Waals surface area contributed by atoms with Crippen LogP contribution in [-0.4, -0.2) is 32.7 Å². The number of anilines is 1. The Morgan fingerprint density at radius 3 is 1.74 bits per heavy atom. The van der Waals surface area contributed by atoms with Crippen LogP contribution in [0.3, 0.4) is 0 Å². The molecule has 178 valence electrons. The Hall–Kier alpha value is -2.21. The number of morpholine rings is 1. The number of ether oxygens (including phenoxy) is 2. The number of benzene rings is 2. The van der Waals surface area contributed by atoms with Crippen LogP contribution in [0.1, 0.15) is 52.7 Å². The molecule has 1 heterocycles. The lowest BCUT2D eigenvalue weighted by Gasteiger charge is -2.28. The summed E-state index contributed by atoms with van der Waals surface area (Å²) in [7, 11) is 0. The molecule has 0 spiro atoms. The smallest absolute Gasteiger partial charge is 0.406 e. The van der Waals surface area contributed by atoms with Gasteiger partial charge in [-0.15, -0.1) is 13.2 Å². The fourth-order valence-corrected chi connectivity index (χ4v) is 2.39. The Balaban J connectivity index is 0. The number of alkyl halides is 3. The summed E-state index contributed by atoms with van der Waals surface area (Å²) >= 11 is 0. The minimum Gasteiger partial charge on any atom is -0.406 e. The normalized spacial score (nSPS) is 12.3. The Kier molecular flexibility index (Phi) is 18.5. The van der Waals surface area contributed by atoms with Crippen molar-refractivity contribution < 1.29 is 22.6 Å². The molecule has 1 fully saturated rings. The molecular formula is C25H40F3NO2. The van der Waals surface area contributed by atoms with Crippen molar-refractivity contribution in [1.29, 1.82) is 0 Å². The molecule has 2 aromatic rings. The standard InChI is InChI=1S/C11H15NO.C8H7F3O.3C2H6/c1-10-2-4-11(5-3-10)12-6-8-13-9-7-12;1-6-3-2-4-7(5-6)12-8(9,10)11;3*1-2/h2-5H,6-9H2,1H3;2-5H,1H3;3*1-2H3. The summed E-state index contributed by atoms with van der Waals surface area (Å²) in [5.74, 6) is -0.178. The summed E-state index contributed by atoms with van der Waals surface area (Å²) in [6.07, 6.45) is -4.60. The molecule has 0 amide bonds. The van der Waals surface area contributed by atoms with Gasteiger partial charge >= 0.3 is 6.36 Å². The number of nitrogens with zero attached hydrogens (tertiary/aromatic N) is 1. The maximum Gasteiger partial charge on any atom is 0.573 e. The van der Waals surface area contributed by atoms with Gasteiger partial charge in [0, 0.05) is 18.8 Å². The lowest BCUT2D eigenvalue weighted by Crippen LogP contribution is -2.36. The monoisotopic (exact) mass is 443 g/mol. The first kappa shape index (κ1) is 31.0. The van der Waals surface area contributed by atoms with Gasteiger partial charge in [-0.2, -0.15) is 0 Å². The van der Waals surface area contributed by atoms with Gasteiger partial charge in [-0.05, 0) is 43.7 Å². The molecule has 31 heavy (non-hydrogen) atoms. The second-order valence-electron chi connectivity index (χ2n) is 5.80. The van der Waals surface area contributed by atoms with Crippen LogP contribution in [0.4, 0.5) is 18.9 Å². The van der Waals surface area contributed by atoms with Crippen LogP contribution >= 0.6 is 0 Å². The highest BCUT2D eigenvalue weighted by molar-refractivity contribution is 5.47. The van der Waals surface area contributed by atoms with Crippen molar-refractivity contribution in [2.75, 3.05) is 31.2 Å². The molecule has 0 saturated carbocycles.